The third-order valence-corrected chi connectivity index (χ3v) is 4.18. The lowest BCUT2D eigenvalue weighted by Crippen LogP contribution is -2.39. The van der Waals surface area contributed by atoms with Gasteiger partial charge in [-0.1, -0.05) is 26.5 Å². The number of aromatic nitrogens is 1. The van der Waals surface area contributed by atoms with Gasteiger partial charge in [0, 0.05) is 18.6 Å². The van der Waals surface area contributed by atoms with Crippen molar-refractivity contribution in [3.63, 3.8) is 0 Å². The van der Waals surface area contributed by atoms with Crippen LogP contribution in [-0.2, 0) is 14.3 Å². The second-order valence-electron chi connectivity index (χ2n) is 6.77. The van der Waals surface area contributed by atoms with Crippen LogP contribution in [0.25, 0.3) is 6.08 Å². The Morgan fingerprint density at radius 3 is 2.28 bits per heavy atom. The van der Waals surface area contributed by atoms with Crippen LogP contribution in [0, 0.1) is 5.92 Å². The van der Waals surface area contributed by atoms with Crippen molar-refractivity contribution >= 4 is 25.7 Å². The fourth-order valence-electron chi connectivity index (χ4n) is 1.51. The fourth-order valence-corrected chi connectivity index (χ4v) is 2.61. The maximum absolute atomic E-state index is 11.6. The van der Waals surface area contributed by atoms with Crippen LogP contribution in [0.4, 0.5) is 0 Å². The van der Waals surface area contributed by atoms with Crippen molar-refractivity contribution in [1.29, 1.82) is 0 Å². The van der Waals surface area contributed by atoms with Crippen LogP contribution in [0.5, 0.6) is 0 Å². The number of likely N-dealkylation sites (N-methyl/N-ethyl adjacent to an activating group) is 1. The van der Waals surface area contributed by atoms with Gasteiger partial charge in [-0.25, -0.2) is 0 Å². The maximum Gasteiger partial charge on any atom is 0.308 e. The quantitative estimate of drug-likeness (QED) is 0.433. The molecular formula is C18H30N2O4P+. The Labute approximate surface area is 151 Å². The summed E-state index contributed by atoms with van der Waals surface area (Å²) in [5.74, 6) is -0.477. The molecule has 1 unspecified atom stereocenters. The van der Waals surface area contributed by atoms with E-state index in [2.05, 4.69) is 11.6 Å². The molecule has 1 rings (SSSR count). The lowest BCUT2D eigenvalue weighted by molar-refractivity contribution is -0.861. The second-order valence-corrected chi connectivity index (χ2v) is 8.52. The van der Waals surface area contributed by atoms with Crippen LogP contribution in [-0.4, -0.2) is 66.3 Å². The maximum atomic E-state index is 11.6. The number of carbonyl (C=O) groups excluding carboxylic acids is 2. The Kier molecular flexibility index (Phi) is 11.1. The molecule has 1 aromatic heterocycles. The third kappa shape index (κ3) is 12.4. The molecule has 25 heavy (non-hydrogen) atoms. The highest BCUT2D eigenvalue weighted by Crippen LogP contribution is 2.31. The summed E-state index contributed by atoms with van der Waals surface area (Å²) < 4.78 is 5.40. The Morgan fingerprint density at radius 1 is 1.32 bits per heavy atom. The molecule has 0 bridgehead atoms. The zero-order chi connectivity index (χ0) is 19.5. The number of esters is 1. The summed E-state index contributed by atoms with van der Waals surface area (Å²) in [6, 6.07) is 3.82. The first-order valence-corrected chi connectivity index (χ1v) is 9.53. The van der Waals surface area contributed by atoms with Gasteiger partial charge in [-0.05, 0) is 17.7 Å². The highest BCUT2D eigenvalue weighted by atomic mass is 31.1. The first kappa shape index (κ1) is 23.4. The Bertz CT molecular complexity index is 542. The molecule has 0 saturated heterocycles. The molecule has 6 nitrogen and oxygen atoms in total. The average molecular weight is 369 g/mol. The van der Waals surface area contributed by atoms with Crippen molar-refractivity contribution < 1.29 is 23.7 Å². The molecule has 0 aliphatic carbocycles. The summed E-state index contributed by atoms with van der Waals surface area (Å²) in [5, 5.41) is 0. The molecule has 1 aromatic rings. The standard InChI is InChI=1S/C11H23NO4P.C7H7N/c1-9(2)11(14)16-6-7-17(15)10(13)8-12(3,4)5;1-2-7-3-5-8-6-4-7/h9,15H,6-8H2,1-5H3;2-6H,1H2/q+1;. The fraction of sp³-hybridized carbons (Fsp3) is 0.500. The van der Waals surface area contributed by atoms with Crippen molar-refractivity contribution in [2.75, 3.05) is 40.5 Å². The normalized spacial score (nSPS) is 12.0. The van der Waals surface area contributed by atoms with Gasteiger partial charge >= 0.3 is 5.97 Å². The van der Waals surface area contributed by atoms with Crippen LogP contribution in [0.1, 0.15) is 19.4 Å². The second kappa shape index (κ2) is 11.9. The van der Waals surface area contributed by atoms with Gasteiger partial charge in [-0.15, -0.1) is 0 Å². The van der Waals surface area contributed by atoms with Gasteiger partial charge in [0.25, 0.3) is 0 Å². The van der Waals surface area contributed by atoms with E-state index < -0.39 is 8.15 Å². The molecule has 0 aliphatic heterocycles. The minimum absolute atomic E-state index is 0.113. The molecule has 0 amide bonds. The van der Waals surface area contributed by atoms with Gasteiger partial charge in [0.2, 0.25) is 5.52 Å². The average Bonchev–Trinajstić information content (AvgIpc) is 2.54. The SMILES string of the molecule is C=Cc1ccncc1.CC(C)C(=O)OCCP(O)C(=O)C[N+](C)(C)C. The first-order valence-electron chi connectivity index (χ1n) is 8.05. The van der Waals surface area contributed by atoms with Crippen molar-refractivity contribution in [3.8, 4) is 0 Å². The highest BCUT2D eigenvalue weighted by Gasteiger charge is 2.22. The number of quaternary nitrogens is 1. The minimum Gasteiger partial charge on any atom is -0.465 e. The molecule has 7 heteroatoms. The van der Waals surface area contributed by atoms with E-state index in [4.69, 9.17) is 4.74 Å². The minimum atomic E-state index is -1.69. The van der Waals surface area contributed by atoms with Gasteiger partial charge in [-0.3, -0.25) is 14.6 Å². The lowest BCUT2D eigenvalue weighted by Gasteiger charge is -2.23. The van der Waals surface area contributed by atoms with Crippen LogP contribution in [0.2, 0.25) is 0 Å². The predicted octanol–water partition coefficient (Wildman–Crippen LogP) is 2.53. The number of pyridine rings is 1. The molecule has 0 radical (unpaired) electrons. The molecular weight excluding hydrogens is 339 g/mol. The number of nitrogens with zero attached hydrogens (tertiary/aromatic N) is 2. The van der Waals surface area contributed by atoms with Gasteiger partial charge in [0.1, 0.15) is 14.7 Å². The topological polar surface area (TPSA) is 76.5 Å². The zero-order valence-electron chi connectivity index (χ0n) is 15.8. The van der Waals surface area contributed by atoms with Crippen LogP contribution < -0.4 is 0 Å². The van der Waals surface area contributed by atoms with Crippen LogP contribution in [0.3, 0.4) is 0 Å². The van der Waals surface area contributed by atoms with Crippen molar-refractivity contribution in [1.82, 2.24) is 4.98 Å². The molecule has 0 fully saturated rings. The van der Waals surface area contributed by atoms with Crippen molar-refractivity contribution in [3.05, 3.63) is 36.7 Å². The molecule has 1 atom stereocenters. The number of hydrogen-bond acceptors (Lipinski definition) is 5. The number of carbonyl (C=O) groups is 2. The largest absolute Gasteiger partial charge is 0.465 e. The van der Waals surface area contributed by atoms with E-state index in [9.17, 15) is 14.5 Å². The van der Waals surface area contributed by atoms with Gasteiger partial charge < -0.3 is 14.1 Å². The highest BCUT2D eigenvalue weighted by molar-refractivity contribution is 7.69. The molecule has 1 heterocycles. The smallest absolute Gasteiger partial charge is 0.308 e. The Balaban J connectivity index is 0.000000593. The molecule has 0 aliphatic rings. The van der Waals surface area contributed by atoms with Crippen LogP contribution in [0.15, 0.2) is 31.1 Å². The molecule has 0 aromatic carbocycles. The van der Waals surface area contributed by atoms with E-state index in [1.54, 1.807) is 32.3 Å². The van der Waals surface area contributed by atoms with Crippen molar-refractivity contribution in [2.45, 2.75) is 13.8 Å². The summed E-state index contributed by atoms with van der Waals surface area (Å²) in [7, 11) is 3.98. The van der Waals surface area contributed by atoms with Gasteiger partial charge in [0.05, 0.1) is 33.7 Å². The molecule has 140 valence electrons. The summed E-state index contributed by atoms with van der Waals surface area (Å²) in [6.07, 6.45) is 5.52. The van der Waals surface area contributed by atoms with E-state index in [0.717, 1.165) is 5.56 Å². The third-order valence-electron chi connectivity index (χ3n) is 2.86. The number of ether oxygens (including phenoxy) is 1. The molecule has 0 saturated carbocycles. The van der Waals surface area contributed by atoms with Crippen LogP contribution >= 0.6 is 8.15 Å². The predicted molar refractivity (Wildman–Crippen MR) is 102 cm³/mol. The molecule has 1 N–H and O–H groups in total. The summed E-state index contributed by atoms with van der Waals surface area (Å²) in [6.45, 7) is 7.49. The van der Waals surface area contributed by atoms with E-state index in [0.29, 0.717) is 11.0 Å². The van der Waals surface area contributed by atoms with Crippen molar-refractivity contribution in [2.24, 2.45) is 5.92 Å². The van der Waals surface area contributed by atoms with Gasteiger partial charge in [-0.2, -0.15) is 0 Å². The van der Waals surface area contributed by atoms with E-state index in [-0.39, 0.29) is 30.2 Å². The van der Waals surface area contributed by atoms with Gasteiger partial charge in [0.15, 0.2) is 0 Å². The summed E-state index contributed by atoms with van der Waals surface area (Å²) >= 11 is 0. The monoisotopic (exact) mass is 369 g/mol. The Morgan fingerprint density at radius 2 is 1.88 bits per heavy atom. The summed E-state index contributed by atoms with van der Waals surface area (Å²) in [5.41, 5.74) is 0.952. The zero-order valence-corrected chi connectivity index (χ0v) is 16.7. The van der Waals surface area contributed by atoms with E-state index in [1.807, 2.05) is 33.3 Å². The first-order chi connectivity index (χ1) is 11.6. The lowest BCUT2D eigenvalue weighted by atomic mass is 10.2. The number of rotatable bonds is 8. The summed E-state index contributed by atoms with van der Waals surface area (Å²) in [4.78, 5) is 36.2. The van der Waals surface area contributed by atoms with E-state index in [1.165, 1.54) is 0 Å². The molecule has 0 spiro atoms. The Hall–Kier alpha value is -1.62. The number of hydrogen-bond donors (Lipinski definition) is 1. The van der Waals surface area contributed by atoms with E-state index >= 15 is 0 Å².